The van der Waals surface area contributed by atoms with Crippen LogP contribution in [0.25, 0.3) is 0 Å². The van der Waals surface area contributed by atoms with Crippen molar-refractivity contribution in [2.45, 2.75) is 65.5 Å². The molecule has 3 atom stereocenters. The van der Waals surface area contributed by atoms with E-state index in [1.54, 1.807) is 0 Å². The minimum absolute atomic E-state index is 0.496. The molecular weight excluding hydrogens is 198 g/mol. The fourth-order valence-electron chi connectivity index (χ4n) is 2.79. The Kier molecular flexibility index (Phi) is 6.37. The fraction of sp³-hybridized carbons (Fsp3) is 1.00. The van der Waals surface area contributed by atoms with Gasteiger partial charge in [0.25, 0.3) is 0 Å². The zero-order valence-corrected chi connectivity index (χ0v) is 11.5. The Morgan fingerprint density at radius 2 is 2.00 bits per heavy atom. The Morgan fingerprint density at radius 3 is 2.56 bits per heavy atom. The van der Waals surface area contributed by atoms with E-state index in [1.807, 2.05) is 0 Å². The van der Waals surface area contributed by atoms with E-state index < -0.39 is 0 Å². The molecule has 0 aromatic rings. The van der Waals surface area contributed by atoms with Gasteiger partial charge in [0.2, 0.25) is 0 Å². The van der Waals surface area contributed by atoms with E-state index >= 15 is 0 Å². The van der Waals surface area contributed by atoms with E-state index in [0.29, 0.717) is 12.1 Å². The van der Waals surface area contributed by atoms with Crippen LogP contribution in [0.1, 0.15) is 53.4 Å². The number of hydrogen-bond donors (Lipinski definition) is 1. The molecular formula is C14H29NO. The van der Waals surface area contributed by atoms with Crippen LogP contribution in [0.15, 0.2) is 0 Å². The third-order valence-electron chi connectivity index (χ3n) is 3.70. The van der Waals surface area contributed by atoms with Crippen LogP contribution in [0.5, 0.6) is 0 Å². The Labute approximate surface area is 101 Å². The molecule has 0 saturated carbocycles. The van der Waals surface area contributed by atoms with Crippen molar-refractivity contribution in [3.05, 3.63) is 0 Å². The summed E-state index contributed by atoms with van der Waals surface area (Å²) in [6.07, 6.45) is 5.53. The van der Waals surface area contributed by atoms with Gasteiger partial charge in [-0.3, -0.25) is 0 Å². The van der Waals surface area contributed by atoms with Crippen LogP contribution in [-0.2, 0) is 4.74 Å². The molecule has 0 radical (unpaired) electrons. The number of hydrogen-bond acceptors (Lipinski definition) is 2. The molecule has 0 aromatic heterocycles. The molecule has 0 bridgehead atoms. The Bertz CT molecular complexity index is 182. The summed E-state index contributed by atoms with van der Waals surface area (Å²) in [5.74, 6) is 1.55. The maximum absolute atomic E-state index is 5.81. The van der Waals surface area contributed by atoms with E-state index in [9.17, 15) is 0 Å². The van der Waals surface area contributed by atoms with E-state index in [0.717, 1.165) is 31.4 Å². The second-order valence-electron chi connectivity index (χ2n) is 5.41. The van der Waals surface area contributed by atoms with Crippen LogP contribution in [0, 0.1) is 11.8 Å². The largest absolute Gasteiger partial charge is 0.378 e. The van der Waals surface area contributed by atoms with Gasteiger partial charge in [-0.25, -0.2) is 0 Å². The lowest BCUT2D eigenvalue weighted by Gasteiger charge is -2.28. The molecule has 1 aliphatic heterocycles. The van der Waals surface area contributed by atoms with Crippen molar-refractivity contribution in [1.82, 2.24) is 5.32 Å². The van der Waals surface area contributed by atoms with Gasteiger partial charge < -0.3 is 10.1 Å². The van der Waals surface area contributed by atoms with E-state index in [1.165, 1.54) is 19.3 Å². The van der Waals surface area contributed by atoms with Gasteiger partial charge in [-0.05, 0) is 38.1 Å². The standard InChI is InChI=1S/C14H29NO/c1-5-14-12(9-10-16-14)13(15-6-2)8-7-11(3)4/h11-15H,5-10H2,1-4H3. The number of rotatable bonds is 7. The maximum Gasteiger partial charge on any atom is 0.0616 e. The summed E-state index contributed by atoms with van der Waals surface area (Å²) in [6.45, 7) is 11.1. The molecule has 1 N–H and O–H groups in total. The molecule has 96 valence electrons. The van der Waals surface area contributed by atoms with Crippen LogP contribution in [0.3, 0.4) is 0 Å². The van der Waals surface area contributed by atoms with Crippen LogP contribution in [0.2, 0.25) is 0 Å². The highest BCUT2D eigenvalue weighted by Gasteiger charge is 2.32. The average Bonchev–Trinajstić information content (AvgIpc) is 2.71. The van der Waals surface area contributed by atoms with Crippen molar-refractivity contribution in [2.24, 2.45) is 11.8 Å². The zero-order valence-electron chi connectivity index (χ0n) is 11.5. The molecule has 2 nitrogen and oxygen atoms in total. The van der Waals surface area contributed by atoms with Crippen molar-refractivity contribution in [3.8, 4) is 0 Å². The third-order valence-corrected chi connectivity index (χ3v) is 3.70. The van der Waals surface area contributed by atoms with Gasteiger partial charge in [0.05, 0.1) is 6.10 Å². The Morgan fingerprint density at radius 1 is 1.25 bits per heavy atom. The normalized spacial score (nSPS) is 27.6. The van der Waals surface area contributed by atoms with E-state index in [4.69, 9.17) is 4.74 Å². The van der Waals surface area contributed by atoms with Crippen LogP contribution >= 0.6 is 0 Å². The van der Waals surface area contributed by atoms with Crippen LogP contribution in [0.4, 0.5) is 0 Å². The summed E-state index contributed by atoms with van der Waals surface area (Å²) >= 11 is 0. The summed E-state index contributed by atoms with van der Waals surface area (Å²) in [4.78, 5) is 0. The summed E-state index contributed by atoms with van der Waals surface area (Å²) in [5.41, 5.74) is 0. The predicted molar refractivity (Wildman–Crippen MR) is 69.7 cm³/mol. The van der Waals surface area contributed by atoms with Crippen molar-refractivity contribution >= 4 is 0 Å². The lowest BCUT2D eigenvalue weighted by Crippen LogP contribution is -2.40. The highest BCUT2D eigenvalue weighted by Crippen LogP contribution is 2.29. The van der Waals surface area contributed by atoms with Gasteiger partial charge in [-0.2, -0.15) is 0 Å². The monoisotopic (exact) mass is 227 g/mol. The maximum atomic E-state index is 5.81. The van der Waals surface area contributed by atoms with Crippen LogP contribution in [-0.4, -0.2) is 25.3 Å². The van der Waals surface area contributed by atoms with Crippen molar-refractivity contribution < 1.29 is 4.74 Å². The topological polar surface area (TPSA) is 21.3 Å². The van der Waals surface area contributed by atoms with Gasteiger partial charge >= 0.3 is 0 Å². The molecule has 1 aliphatic rings. The van der Waals surface area contributed by atoms with Crippen molar-refractivity contribution in [1.29, 1.82) is 0 Å². The molecule has 0 spiro atoms. The SMILES string of the molecule is CCNC(CCC(C)C)C1CCOC1CC. The summed E-state index contributed by atoms with van der Waals surface area (Å²) < 4.78 is 5.81. The molecule has 3 unspecified atom stereocenters. The molecule has 2 heteroatoms. The Balaban J connectivity index is 2.47. The first-order chi connectivity index (χ1) is 7.69. The van der Waals surface area contributed by atoms with Crippen LogP contribution < -0.4 is 5.32 Å². The number of ether oxygens (including phenoxy) is 1. The lowest BCUT2D eigenvalue weighted by molar-refractivity contribution is 0.0759. The fourth-order valence-corrected chi connectivity index (χ4v) is 2.79. The van der Waals surface area contributed by atoms with Gasteiger partial charge in [0.15, 0.2) is 0 Å². The first-order valence-electron chi connectivity index (χ1n) is 7.04. The van der Waals surface area contributed by atoms with E-state index in [2.05, 4.69) is 33.0 Å². The molecule has 1 heterocycles. The minimum Gasteiger partial charge on any atom is -0.378 e. The zero-order chi connectivity index (χ0) is 12.0. The van der Waals surface area contributed by atoms with Gasteiger partial charge in [0.1, 0.15) is 0 Å². The summed E-state index contributed by atoms with van der Waals surface area (Å²) in [7, 11) is 0. The second-order valence-corrected chi connectivity index (χ2v) is 5.41. The number of nitrogens with one attached hydrogen (secondary N) is 1. The van der Waals surface area contributed by atoms with E-state index in [-0.39, 0.29) is 0 Å². The molecule has 1 fully saturated rings. The highest BCUT2D eigenvalue weighted by atomic mass is 16.5. The van der Waals surface area contributed by atoms with Gasteiger partial charge in [-0.15, -0.1) is 0 Å². The molecule has 16 heavy (non-hydrogen) atoms. The van der Waals surface area contributed by atoms with Crippen molar-refractivity contribution in [3.63, 3.8) is 0 Å². The molecule has 0 aliphatic carbocycles. The predicted octanol–water partition coefficient (Wildman–Crippen LogP) is 3.22. The first-order valence-corrected chi connectivity index (χ1v) is 7.04. The van der Waals surface area contributed by atoms with Gasteiger partial charge in [0, 0.05) is 18.6 Å². The molecule has 0 amide bonds. The third kappa shape index (κ3) is 4.06. The second kappa shape index (κ2) is 7.29. The minimum atomic E-state index is 0.496. The Hall–Kier alpha value is -0.0800. The lowest BCUT2D eigenvalue weighted by atomic mass is 9.87. The average molecular weight is 227 g/mol. The van der Waals surface area contributed by atoms with Gasteiger partial charge in [-0.1, -0.05) is 27.7 Å². The molecule has 1 rings (SSSR count). The summed E-state index contributed by atoms with van der Waals surface area (Å²) in [6, 6.07) is 0.667. The van der Waals surface area contributed by atoms with Crippen molar-refractivity contribution in [2.75, 3.05) is 13.2 Å². The highest BCUT2D eigenvalue weighted by molar-refractivity contribution is 4.85. The first kappa shape index (κ1) is 14.0. The molecule has 0 aromatic carbocycles. The smallest absolute Gasteiger partial charge is 0.0616 e. The quantitative estimate of drug-likeness (QED) is 0.721. The molecule has 1 saturated heterocycles. The summed E-state index contributed by atoms with van der Waals surface area (Å²) in [5, 5.41) is 3.66.